The Morgan fingerprint density at radius 2 is 1.97 bits per heavy atom. The summed E-state index contributed by atoms with van der Waals surface area (Å²) < 4.78 is 19.6. The van der Waals surface area contributed by atoms with Crippen LogP contribution in [-0.2, 0) is 15.0 Å². The fourth-order valence-corrected chi connectivity index (χ4v) is 4.42. The van der Waals surface area contributed by atoms with Crippen LogP contribution in [0, 0.1) is 12.7 Å². The first-order valence-corrected chi connectivity index (χ1v) is 10.8. The lowest BCUT2D eigenvalue weighted by atomic mass is 9.72. The molecule has 1 unspecified atom stereocenters. The minimum atomic E-state index is -0.795. The Labute approximate surface area is 194 Å². The third-order valence-electron chi connectivity index (χ3n) is 6.05. The molecule has 1 aliphatic rings. The highest BCUT2D eigenvalue weighted by molar-refractivity contribution is 6.33. The summed E-state index contributed by atoms with van der Waals surface area (Å²) in [5.41, 5.74) is 0.496. The van der Waals surface area contributed by atoms with Crippen molar-refractivity contribution in [2.45, 2.75) is 38.5 Å². The molecule has 1 aliphatic heterocycles. The van der Waals surface area contributed by atoms with Crippen LogP contribution >= 0.6 is 11.6 Å². The van der Waals surface area contributed by atoms with Crippen molar-refractivity contribution in [2.24, 2.45) is 0 Å². The molecule has 170 valence electrons. The molecule has 7 nitrogen and oxygen atoms in total. The second kappa shape index (κ2) is 8.78. The van der Waals surface area contributed by atoms with Gasteiger partial charge in [-0.2, -0.15) is 0 Å². The Morgan fingerprint density at radius 1 is 1.24 bits per heavy atom. The molecule has 0 aliphatic carbocycles. The zero-order chi connectivity index (χ0) is 23.8. The monoisotopic (exact) mass is 469 g/mol. The summed E-state index contributed by atoms with van der Waals surface area (Å²) in [5.74, 6) is -1.54. The van der Waals surface area contributed by atoms with Crippen molar-refractivity contribution in [1.29, 1.82) is 0 Å². The predicted molar refractivity (Wildman–Crippen MR) is 120 cm³/mol. The summed E-state index contributed by atoms with van der Waals surface area (Å²) >= 11 is 6.14. The van der Waals surface area contributed by atoms with Gasteiger partial charge in [0.2, 0.25) is 11.8 Å². The molecule has 9 heteroatoms. The number of amides is 3. The number of nitrogens with one attached hydrogen (secondary N) is 2. The van der Waals surface area contributed by atoms with Gasteiger partial charge in [0, 0.05) is 12.1 Å². The van der Waals surface area contributed by atoms with Crippen LogP contribution in [0.4, 0.5) is 10.1 Å². The van der Waals surface area contributed by atoms with Gasteiger partial charge in [-0.25, -0.2) is 4.39 Å². The number of anilines is 1. The molecule has 2 N–H and O–H groups in total. The lowest BCUT2D eigenvalue weighted by Crippen LogP contribution is -2.51. The Hall–Kier alpha value is -3.52. The standard InChI is InChI=1S/C24H21ClFN3O4/c1-3-24(12-11-18(30)28-23(24)32)14-7-9-15(10-8-14)27-22(31)19-13(2)33-29-21(19)20-16(25)5-4-6-17(20)26/h4-10H,3,11-12H2,1-2H3,(H,27,31)(H,28,30,32). The summed E-state index contributed by atoms with van der Waals surface area (Å²) in [6, 6.07) is 11.0. The molecular weight excluding hydrogens is 449 g/mol. The van der Waals surface area contributed by atoms with Crippen LogP contribution in [0.2, 0.25) is 5.02 Å². The summed E-state index contributed by atoms with van der Waals surface area (Å²) in [5, 5.41) is 9.12. The summed E-state index contributed by atoms with van der Waals surface area (Å²) in [7, 11) is 0. The highest BCUT2D eigenvalue weighted by Gasteiger charge is 2.42. The van der Waals surface area contributed by atoms with Gasteiger partial charge in [-0.05, 0) is 49.6 Å². The van der Waals surface area contributed by atoms with Crippen molar-refractivity contribution in [3.63, 3.8) is 0 Å². The predicted octanol–water partition coefficient (Wildman–Crippen LogP) is 4.78. The van der Waals surface area contributed by atoms with Gasteiger partial charge in [0.1, 0.15) is 22.8 Å². The van der Waals surface area contributed by atoms with Crippen LogP contribution in [0.5, 0.6) is 0 Å². The second-order valence-electron chi connectivity index (χ2n) is 7.90. The molecule has 4 rings (SSSR count). The maximum atomic E-state index is 14.4. The first kappa shape index (κ1) is 22.7. The van der Waals surface area contributed by atoms with E-state index in [-0.39, 0.29) is 45.8 Å². The van der Waals surface area contributed by atoms with Crippen molar-refractivity contribution < 1.29 is 23.3 Å². The molecule has 1 fully saturated rings. The third kappa shape index (κ3) is 4.02. The maximum Gasteiger partial charge on any atom is 0.261 e. The number of carbonyl (C=O) groups excluding carboxylic acids is 3. The number of benzene rings is 2. The van der Waals surface area contributed by atoms with Gasteiger partial charge in [-0.3, -0.25) is 19.7 Å². The number of nitrogens with zero attached hydrogens (tertiary/aromatic N) is 1. The van der Waals surface area contributed by atoms with E-state index < -0.39 is 17.1 Å². The van der Waals surface area contributed by atoms with E-state index in [1.54, 1.807) is 31.2 Å². The number of carbonyl (C=O) groups is 3. The van der Waals surface area contributed by atoms with Gasteiger partial charge in [-0.15, -0.1) is 0 Å². The first-order chi connectivity index (χ1) is 15.8. The van der Waals surface area contributed by atoms with Crippen LogP contribution in [-0.4, -0.2) is 22.9 Å². The van der Waals surface area contributed by atoms with Gasteiger partial charge < -0.3 is 9.84 Å². The van der Waals surface area contributed by atoms with Crippen molar-refractivity contribution in [2.75, 3.05) is 5.32 Å². The van der Waals surface area contributed by atoms with Crippen molar-refractivity contribution >= 4 is 35.0 Å². The molecule has 0 saturated carbocycles. The van der Waals surface area contributed by atoms with E-state index in [9.17, 15) is 18.8 Å². The molecule has 2 heterocycles. The van der Waals surface area contributed by atoms with Crippen molar-refractivity contribution in [3.8, 4) is 11.3 Å². The number of halogens is 2. The quantitative estimate of drug-likeness (QED) is 0.524. The number of imide groups is 1. The molecule has 0 spiro atoms. The molecule has 33 heavy (non-hydrogen) atoms. The first-order valence-electron chi connectivity index (χ1n) is 10.4. The van der Waals surface area contributed by atoms with E-state index in [4.69, 9.17) is 16.1 Å². The van der Waals surface area contributed by atoms with Crippen LogP contribution < -0.4 is 10.6 Å². The Morgan fingerprint density at radius 3 is 2.61 bits per heavy atom. The molecule has 2 aromatic carbocycles. The molecule has 3 amide bonds. The zero-order valence-electron chi connectivity index (χ0n) is 18.0. The van der Waals surface area contributed by atoms with Crippen molar-refractivity contribution in [3.05, 3.63) is 70.2 Å². The molecule has 0 radical (unpaired) electrons. The average Bonchev–Trinajstić information content (AvgIpc) is 3.16. The van der Waals surface area contributed by atoms with Gasteiger partial charge in [-0.1, -0.05) is 41.9 Å². The minimum absolute atomic E-state index is 0.0122. The number of hydrogen-bond donors (Lipinski definition) is 2. The SMILES string of the molecule is CCC1(c2ccc(NC(=O)c3c(-c4c(F)cccc4Cl)noc3C)cc2)CCC(=O)NC1=O. The van der Waals surface area contributed by atoms with Crippen LogP contribution in [0.3, 0.4) is 0 Å². The summed E-state index contributed by atoms with van der Waals surface area (Å²) in [6.45, 7) is 3.45. The van der Waals surface area contributed by atoms with E-state index >= 15 is 0 Å². The van der Waals surface area contributed by atoms with Crippen LogP contribution in [0.15, 0.2) is 47.0 Å². The van der Waals surface area contributed by atoms with Gasteiger partial charge in [0.15, 0.2) is 0 Å². The van der Waals surface area contributed by atoms with E-state index in [1.165, 1.54) is 18.2 Å². The van der Waals surface area contributed by atoms with Gasteiger partial charge in [0.05, 0.1) is 16.0 Å². The Bertz CT molecular complexity index is 1230. The lowest BCUT2D eigenvalue weighted by Gasteiger charge is -2.35. The van der Waals surface area contributed by atoms with Gasteiger partial charge in [0.25, 0.3) is 5.91 Å². The Balaban J connectivity index is 1.61. The second-order valence-corrected chi connectivity index (χ2v) is 8.31. The highest BCUT2D eigenvalue weighted by atomic mass is 35.5. The van der Waals surface area contributed by atoms with Gasteiger partial charge >= 0.3 is 0 Å². The van der Waals surface area contributed by atoms with E-state index in [2.05, 4.69) is 15.8 Å². The summed E-state index contributed by atoms with van der Waals surface area (Å²) in [6.07, 6.45) is 1.23. The molecule has 1 aromatic heterocycles. The zero-order valence-corrected chi connectivity index (χ0v) is 18.8. The normalized spacial score (nSPS) is 18.2. The minimum Gasteiger partial charge on any atom is -0.360 e. The van der Waals surface area contributed by atoms with Crippen LogP contribution in [0.25, 0.3) is 11.3 Å². The third-order valence-corrected chi connectivity index (χ3v) is 6.37. The molecule has 0 bridgehead atoms. The lowest BCUT2D eigenvalue weighted by molar-refractivity contribution is -0.138. The highest BCUT2D eigenvalue weighted by Crippen LogP contribution is 2.37. The topological polar surface area (TPSA) is 101 Å². The summed E-state index contributed by atoms with van der Waals surface area (Å²) in [4.78, 5) is 37.2. The number of aryl methyl sites for hydroxylation is 1. The smallest absolute Gasteiger partial charge is 0.261 e. The largest absolute Gasteiger partial charge is 0.360 e. The fourth-order valence-electron chi connectivity index (χ4n) is 4.17. The Kier molecular flexibility index (Phi) is 6.03. The van der Waals surface area contributed by atoms with E-state index in [0.717, 1.165) is 5.56 Å². The average molecular weight is 470 g/mol. The number of piperidine rings is 1. The number of rotatable bonds is 5. The molecular formula is C24H21ClFN3O4. The van der Waals surface area contributed by atoms with Crippen LogP contribution in [0.1, 0.15) is 47.9 Å². The number of hydrogen-bond acceptors (Lipinski definition) is 5. The van der Waals surface area contributed by atoms with E-state index in [0.29, 0.717) is 18.5 Å². The molecule has 1 saturated heterocycles. The maximum absolute atomic E-state index is 14.4. The molecule has 1 atom stereocenters. The molecule has 3 aromatic rings. The number of aromatic nitrogens is 1. The van der Waals surface area contributed by atoms with E-state index in [1.807, 2.05) is 6.92 Å². The fraction of sp³-hybridized carbons (Fsp3) is 0.250. The van der Waals surface area contributed by atoms with Crippen molar-refractivity contribution in [1.82, 2.24) is 10.5 Å².